The molecule has 1 aromatic heterocycles. The van der Waals surface area contributed by atoms with Gasteiger partial charge in [0.15, 0.2) is 0 Å². The van der Waals surface area contributed by atoms with Crippen molar-refractivity contribution < 1.29 is 8.81 Å². The van der Waals surface area contributed by atoms with Crippen LogP contribution in [-0.2, 0) is 0 Å². The van der Waals surface area contributed by atoms with Gasteiger partial charge >= 0.3 is 0 Å². The van der Waals surface area contributed by atoms with Crippen LogP contribution in [0.25, 0.3) is 0 Å². The fourth-order valence-electron chi connectivity index (χ4n) is 1.54. The first kappa shape index (κ1) is 12.2. The summed E-state index contributed by atoms with van der Waals surface area (Å²) in [6, 6.07) is 10.1. The average Bonchev–Trinajstić information content (AvgIpc) is 2.81. The minimum Gasteiger partial charge on any atom is -0.468 e. The zero-order valence-electron chi connectivity index (χ0n) is 9.47. The maximum Gasteiger partial charge on any atom is 0.123 e. The van der Waals surface area contributed by atoms with Crippen LogP contribution in [0.5, 0.6) is 0 Å². The topological polar surface area (TPSA) is 39.2 Å². The molecule has 1 aromatic carbocycles. The van der Waals surface area contributed by atoms with E-state index in [1.165, 1.54) is 12.1 Å². The van der Waals surface area contributed by atoms with Crippen LogP contribution < -0.4 is 5.73 Å². The van der Waals surface area contributed by atoms with Crippen molar-refractivity contribution in [2.24, 2.45) is 5.73 Å². The maximum atomic E-state index is 12.8. The number of furan rings is 1. The van der Waals surface area contributed by atoms with E-state index in [-0.39, 0.29) is 17.1 Å². The van der Waals surface area contributed by atoms with Crippen LogP contribution >= 0.6 is 11.8 Å². The van der Waals surface area contributed by atoms with Crippen molar-refractivity contribution in [3.05, 3.63) is 54.2 Å². The molecule has 0 saturated heterocycles. The van der Waals surface area contributed by atoms with Gasteiger partial charge < -0.3 is 10.2 Å². The molecule has 0 aliphatic carbocycles. The summed E-state index contributed by atoms with van der Waals surface area (Å²) in [7, 11) is 0. The van der Waals surface area contributed by atoms with Gasteiger partial charge in [0.1, 0.15) is 11.6 Å². The Morgan fingerprint density at radius 2 is 1.94 bits per heavy atom. The summed E-state index contributed by atoms with van der Waals surface area (Å²) in [6.07, 6.45) is 1.63. The Kier molecular flexibility index (Phi) is 3.86. The zero-order chi connectivity index (χ0) is 12.3. The molecule has 17 heavy (non-hydrogen) atoms. The standard InChI is InChI=1S/C13H14FNOS/c1-9(15)13(12-3-2-8-16-12)17-11-6-4-10(14)5-7-11/h2-9,13H,15H2,1H3. The summed E-state index contributed by atoms with van der Waals surface area (Å²) < 4.78 is 18.2. The molecule has 0 saturated carbocycles. The highest BCUT2D eigenvalue weighted by Crippen LogP contribution is 2.37. The van der Waals surface area contributed by atoms with Gasteiger partial charge in [-0.05, 0) is 43.3 Å². The monoisotopic (exact) mass is 251 g/mol. The maximum absolute atomic E-state index is 12.8. The Morgan fingerprint density at radius 1 is 1.24 bits per heavy atom. The van der Waals surface area contributed by atoms with Crippen LogP contribution in [0.2, 0.25) is 0 Å². The third kappa shape index (κ3) is 3.11. The average molecular weight is 251 g/mol. The molecule has 2 N–H and O–H groups in total. The molecule has 0 radical (unpaired) electrons. The van der Waals surface area contributed by atoms with Gasteiger partial charge in [-0.3, -0.25) is 0 Å². The third-order valence-corrected chi connectivity index (χ3v) is 3.84. The Hall–Kier alpha value is -1.26. The molecule has 2 unspecified atom stereocenters. The van der Waals surface area contributed by atoms with Crippen LogP contribution in [0.3, 0.4) is 0 Å². The minimum atomic E-state index is -0.232. The molecular formula is C13H14FNOS. The fraction of sp³-hybridized carbons (Fsp3) is 0.231. The van der Waals surface area contributed by atoms with Gasteiger partial charge in [0.2, 0.25) is 0 Å². The Labute approximate surface area is 104 Å². The molecule has 4 heteroatoms. The Morgan fingerprint density at radius 3 is 2.47 bits per heavy atom. The molecule has 0 aliphatic heterocycles. The predicted octanol–water partition coefficient (Wildman–Crippen LogP) is 3.60. The molecule has 0 aliphatic rings. The molecule has 0 fully saturated rings. The van der Waals surface area contributed by atoms with Crippen LogP contribution in [0.15, 0.2) is 52.0 Å². The lowest BCUT2D eigenvalue weighted by molar-refractivity contribution is 0.487. The molecule has 0 spiro atoms. The largest absolute Gasteiger partial charge is 0.468 e. The highest BCUT2D eigenvalue weighted by Gasteiger charge is 2.20. The lowest BCUT2D eigenvalue weighted by atomic mass is 10.2. The van der Waals surface area contributed by atoms with E-state index in [9.17, 15) is 4.39 Å². The number of halogens is 1. The second kappa shape index (κ2) is 5.38. The normalized spacial score (nSPS) is 14.5. The Balaban J connectivity index is 2.16. The fourth-order valence-corrected chi connectivity index (χ4v) is 2.59. The number of hydrogen-bond acceptors (Lipinski definition) is 3. The summed E-state index contributed by atoms with van der Waals surface area (Å²) in [6.45, 7) is 1.93. The quantitative estimate of drug-likeness (QED) is 0.844. The van der Waals surface area contributed by atoms with Gasteiger partial charge in [0, 0.05) is 10.9 Å². The van der Waals surface area contributed by atoms with E-state index in [0.717, 1.165) is 10.7 Å². The second-order valence-corrected chi connectivity index (χ2v) is 5.08. The summed E-state index contributed by atoms with van der Waals surface area (Å²) in [4.78, 5) is 0.977. The molecule has 2 atom stereocenters. The van der Waals surface area contributed by atoms with Crippen molar-refractivity contribution >= 4 is 11.8 Å². The summed E-state index contributed by atoms with van der Waals surface area (Å²) >= 11 is 1.58. The predicted molar refractivity (Wildman–Crippen MR) is 67.4 cm³/mol. The van der Waals surface area contributed by atoms with Crippen molar-refractivity contribution in [2.75, 3.05) is 0 Å². The molecule has 2 rings (SSSR count). The lowest BCUT2D eigenvalue weighted by Gasteiger charge is -2.17. The molecule has 1 heterocycles. The SMILES string of the molecule is CC(N)C(Sc1ccc(F)cc1)c1ccco1. The number of thioether (sulfide) groups is 1. The summed E-state index contributed by atoms with van der Waals surface area (Å²) in [5.41, 5.74) is 5.95. The summed E-state index contributed by atoms with van der Waals surface area (Å²) in [5.74, 6) is 0.610. The van der Waals surface area contributed by atoms with Gasteiger partial charge in [-0.1, -0.05) is 0 Å². The third-order valence-electron chi connectivity index (χ3n) is 2.38. The van der Waals surface area contributed by atoms with E-state index in [1.54, 1.807) is 30.2 Å². The van der Waals surface area contributed by atoms with Crippen molar-refractivity contribution in [2.45, 2.75) is 23.1 Å². The van der Waals surface area contributed by atoms with Gasteiger partial charge in [-0.2, -0.15) is 0 Å². The van der Waals surface area contributed by atoms with Crippen molar-refractivity contribution in [3.63, 3.8) is 0 Å². The van der Waals surface area contributed by atoms with Crippen molar-refractivity contribution in [1.82, 2.24) is 0 Å². The van der Waals surface area contributed by atoms with E-state index in [0.29, 0.717) is 0 Å². The van der Waals surface area contributed by atoms with E-state index < -0.39 is 0 Å². The number of rotatable bonds is 4. The van der Waals surface area contributed by atoms with Crippen LogP contribution in [-0.4, -0.2) is 6.04 Å². The smallest absolute Gasteiger partial charge is 0.123 e. The molecule has 2 aromatic rings. The first-order valence-corrected chi connectivity index (χ1v) is 6.26. The Bertz CT molecular complexity index is 453. The van der Waals surface area contributed by atoms with Gasteiger partial charge in [-0.25, -0.2) is 4.39 Å². The first-order valence-electron chi connectivity index (χ1n) is 5.38. The number of hydrogen-bond donors (Lipinski definition) is 1. The van der Waals surface area contributed by atoms with E-state index in [4.69, 9.17) is 10.2 Å². The van der Waals surface area contributed by atoms with E-state index in [1.807, 2.05) is 19.1 Å². The van der Waals surface area contributed by atoms with Gasteiger partial charge in [0.25, 0.3) is 0 Å². The van der Waals surface area contributed by atoms with E-state index >= 15 is 0 Å². The van der Waals surface area contributed by atoms with Gasteiger partial charge in [-0.15, -0.1) is 11.8 Å². The highest BCUT2D eigenvalue weighted by molar-refractivity contribution is 7.99. The van der Waals surface area contributed by atoms with Crippen LogP contribution in [0.4, 0.5) is 4.39 Å². The molecule has 0 bridgehead atoms. The first-order chi connectivity index (χ1) is 8.16. The van der Waals surface area contributed by atoms with Crippen LogP contribution in [0, 0.1) is 5.82 Å². The zero-order valence-corrected chi connectivity index (χ0v) is 10.3. The number of benzene rings is 1. The second-order valence-electron chi connectivity index (χ2n) is 3.87. The highest BCUT2D eigenvalue weighted by atomic mass is 32.2. The molecule has 0 amide bonds. The van der Waals surface area contributed by atoms with Crippen LogP contribution in [0.1, 0.15) is 17.9 Å². The summed E-state index contributed by atoms with van der Waals surface area (Å²) in [5, 5.41) is 0.0375. The van der Waals surface area contributed by atoms with Crippen molar-refractivity contribution in [3.8, 4) is 0 Å². The van der Waals surface area contributed by atoms with Gasteiger partial charge in [0.05, 0.1) is 11.5 Å². The minimum absolute atomic E-state index is 0.0375. The van der Waals surface area contributed by atoms with E-state index in [2.05, 4.69) is 0 Å². The molecular weight excluding hydrogens is 237 g/mol. The number of nitrogens with two attached hydrogens (primary N) is 1. The lowest BCUT2D eigenvalue weighted by Crippen LogP contribution is -2.22. The van der Waals surface area contributed by atoms with Crippen molar-refractivity contribution in [1.29, 1.82) is 0 Å². The molecule has 2 nitrogen and oxygen atoms in total. The molecule has 90 valence electrons.